The maximum atomic E-state index is 13.6. The van der Waals surface area contributed by atoms with Crippen molar-refractivity contribution in [3.8, 4) is 0 Å². The van der Waals surface area contributed by atoms with E-state index in [1.54, 1.807) is 6.08 Å². The highest BCUT2D eigenvalue weighted by atomic mass is 19.4. The average Bonchev–Trinajstić information content (AvgIpc) is 2.92. The molecule has 3 aliphatic rings. The summed E-state index contributed by atoms with van der Waals surface area (Å²) in [5, 5.41) is 2.67. The molecule has 1 unspecified atom stereocenters. The number of amides is 1. The van der Waals surface area contributed by atoms with Crippen LogP contribution in [0, 0.1) is 5.92 Å². The van der Waals surface area contributed by atoms with Crippen LogP contribution in [0.2, 0.25) is 0 Å². The number of allylic oxidation sites excluding steroid dienone is 1. The molecule has 3 nitrogen and oxygen atoms in total. The van der Waals surface area contributed by atoms with Gasteiger partial charge in [0, 0.05) is 17.8 Å². The Labute approximate surface area is 159 Å². The number of likely N-dealkylation sites (N-methyl/N-ethyl adjacent to an activating group) is 1. The van der Waals surface area contributed by atoms with Gasteiger partial charge in [-0.15, -0.1) is 0 Å². The van der Waals surface area contributed by atoms with Crippen molar-refractivity contribution in [2.24, 2.45) is 5.92 Å². The van der Waals surface area contributed by atoms with Gasteiger partial charge in [-0.25, -0.2) is 0 Å². The molecule has 0 bridgehead atoms. The number of fused-ring (bicyclic) bond motifs is 2. The number of nitrogens with zero attached hydrogens (tertiary/aromatic N) is 1. The van der Waals surface area contributed by atoms with E-state index in [1.165, 1.54) is 11.9 Å². The van der Waals surface area contributed by atoms with Gasteiger partial charge in [-0.1, -0.05) is 25.8 Å². The minimum absolute atomic E-state index is 0.0580. The molecule has 156 valence electrons. The van der Waals surface area contributed by atoms with Gasteiger partial charge >= 0.3 is 12.4 Å². The Morgan fingerprint density at radius 3 is 2.46 bits per heavy atom. The van der Waals surface area contributed by atoms with Crippen LogP contribution in [0.15, 0.2) is 34.6 Å². The molecule has 0 saturated carbocycles. The number of unbranched alkanes of at least 4 members (excludes halogenated alkanes) is 1. The number of halogens is 6. The number of nitrogens with one attached hydrogen (secondary N) is 1. The first-order chi connectivity index (χ1) is 12.9. The molecule has 0 spiro atoms. The molecule has 28 heavy (non-hydrogen) atoms. The fourth-order valence-electron chi connectivity index (χ4n) is 4.44. The summed E-state index contributed by atoms with van der Waals surface area (Å²) in [6.45, 7) is 1.97. The van der Waals surface area contributed by atoms with Gasteiger partial charge in [-0.3, -0.25) is 9.69 Å². The largest absolute Gasteiger partial charge is 0.414 e. The van der Waals surface area contributed by atoms with E-state index >= 15 is 0 Å². The number of carbonyl (C=O) groups is 1. The van der Waals surface area contributed by atoms with E-state index in [9.17, 15) is 31.1 Å². The summed E-state index contributed by atoms with van der Waals surface area (Å²) < 4.78 is 80.1. The Morgan fingerprint density at radius 2 is 1.89 bits per heavy atom. The van der Waals surface area contributed by atoms with Crippen molar-refractivity contribution in [2.75, 3.05) is 7.05 Å². The van der Waals surface area contributed by atoms with Crippen LogP contribution in [0.4, 0.5) is 26.3 Å². The fraction of sp³-hybridized carbons (Fsp3) is 0.632. The van der Waals surface area contributed by atoms with Crippen molar-refractivity contribution in [1.82, 2.24) is 10.2 Å². The van der Waals surface area contributed by atoms with Crippen molar-refractivity contribution in [3.05, 3.63) is 34.6 Å². The molecule has 1 saturated heterocycles. The van der Waals surface area contributed by atoms with Crippen molar-refractivity contribution in [2.45, 2.75) is 63.5 Å². The molecule has 2 heterocycles. The second-order valence-corrected chi connectivity index (χ2v) is 7.59. The van der Waals surface area contributed by atoms with Gasteiger partial charge in [0.2, 0.25) is 5.91 Å². The van der Waals surface area contributed by atoms with Crippen molar-refractivity contribution in [3.63, 3.8) is 0 Å². The zero-order valence-corrected chi connectivity index (χ0v) is 15.5. The Kier molecular flexibility index (Phi) is 5.42. The zero-order valence-electron chi connectivity index (χ0n) is 15.5. The lowest BCUT2D eigenvalue weighted by molar-refractivity contribution is -0.155. The standard InChI is InChI=1S/C19H22F6N2O/c1-3-4-5-10-6-14-11(8-16(28)26-14)12-7-13(19(23,24)25)15(9-18(20,21)22)27(2)17(10)12/h6-7,10,15,17H,3-5,8-9H2,1-2H3,(H,26,28)/t10?,15-,17-/m1/s1. The molecule has 0 aromatic heterocycles. The second kappa shape index (κ2) is 7.24. The Hall–Kier alpha value is -1.77. The van der Waals surface area contributed by atoms with Gasteiger partial charge < -0.3 is 5.32 Å². The molecule has 2 aliphatic heterocycles. The van der Waals surface area contributed by atoms with Crippen LogP contribution >= 0.6 is 0 Å². The van der Waals surface area contributed by atoms with Crippen LogP contribution in [-0.2, 0) is 4.79 Å². The topological polar surface area (TPSA) is 32.3 Å². The summed E-state index contributed by atoms with van der Waals surface area (Å²) in [4.78, 5) is 13.0. The SMILES string of the molecule is CCCCC1C=C2NC(=O)CC2=C2C=C(C(F)(F)F)[C@@H](CC(F)(F)F)N(C)[C@@H]21. The maximum absolute atomic E-state index is 13.6. The number of rotatable bonds is 4. The first-order valence-corrected chi connectivity index (χ1v) is 9.25. The number of alkyl halides is 6. The predicted molar refractivity (Wildman–Crippen MR) is 91.0 cm³/mol. The van der Waals surface area contributed by atoms with E-state index in [0.717, 1.165) is 18.9 Å². The minimum atomic E-state index is -4.89. The maximum Gasteiger partial charge on any atom is 0.414 e. The van der Waals surface area contributed by atoms with Crippen LogP contribution < -0.4 is 5.32 Å². The normalized spacial score (nSPS) is 28.6. The first kappa shape index (κ1) is 21.0. The lowest BCUT2D eigenvalue weighted by Crippen LogP contribution is -2.53. The molecule has 0 aromatic rings. The third kappa shape index (κ3) is 3.99. The number of hydrogen-bond acceptors (Lipinski definition) is 2. The predicted octanol–water partition coefficient (Wildman–Crippen LogP) is 4.63. The first-order valence-electron chi connectivity index (χ1n) is 9.25. The summed E-state index contributed by atoms with van der Waals surface area (Å²) in [6, 6.07) is -2.42. The molecule has 9 heteroatoms. The summed E-state index contributed by atoms with van der Waals surface area (Å²) in [6.07, 6.45) is -6.32. The van der Waals surface area contributed by atoms with Crippen LogP contribution in [-0.4, -0.2) is 42.3 Å². The molecule has 1 N–H and O–H groups in total. The van der Waals surface area contributed by atoms with Crippen molar-refractivity contribution in [1.29, 1.82) is 0 Å². The highest BCUT2D eigenvalue weighted by Gasteiger charge is 2.51. The molecule has 0 aromatic carbocycles. The number of hydrogen-bond donors (Lipinski definition) is 1. The molecule has 3 rings (SSSR count). The van der Waals surface area contributed by atoms with E-state index in [-0.39, 0.29) is 18.2 Å². The van der Waals surface area contributed by atoms with Gasteiger partial charge in [-0.2, -0.15) is 26.3 Å². The summed E-state index contributed by atoms with van der Waals surface area (Å²) >= 11 is 0. The van der Waals surface area contributed by atoms with Crippen LogP contribution in [0.5, 0.6) is 0 Å². The third-order valence-corrected chi connectivity index (χ3v) is 5.63. The molecular weight excluding hydrogens is 386 g/mol. The highest BCUT2D eigenvalue weighted by molar-refractivity contribution is 5.88. The number of carbonyl (C=O) groups excluding carboxylic acids is 1. The van der Waals surface area contributed by atoms with Gasteiger partial charge in [0.1, 0.15) is 0 Å². The van der Waals surface area contributed by atoms with E-state index in [2.05, 4.69) is 5.32 Å². The van der Waals surface area contributed by atoms with E-state index < -0.39 is 36.4 Å². The lowest BCUT2D eigenvalue weighted by atomic mass is 9.75. The quantitative estimate of drug-likeness (QED) is 0.688. The van der Waals surface area contributed by atoms with E-state index in [1.807, 2.05) is 6.92 Å². The monoisotopic (exact) mass is 408 g/mol. The van der Waals surface area contributed by atoms with Crippen LogP contribution in [0.1, 0.15) is 39.0 Å². The van der Waals surface area contributed by atoms with Gasteiger partial charge in [0.25, 0.3) is 0 Å². The molecule has 3 atom stereocenters. The fourth-order valence-corrected chi connectivity index (χ4v) is 4.44. The highest BCUT2D eigenvalue weighted by Crippen LogP contribution is 2.47. The molecular formula is C19H22F6N2O. The van der Waals surface area contributed by atoms with Crippen molar-refractivity contribution >= 4 is 5.91 Å². The van der Waals surface area contributed by atoms with Crippen LogP contribution in [0.25, 0.3) is 0 Å². The van der Waals surface area contributed by atoms with Gasteiger partial charge in [0.05, 0.1) is 18.4 Å². The van der Waals surface area contributed by atoms with Crippen LogP contribution in [0.3, 0.4) is 0 Å². The molecule has 1 amide bonds. The Bertz CT molecular complexity index is 747. The summed E-state index contributed by atoms with van der Waals surface area (Å²) in [5.41, 5.74) is 0.0609. The van der Waals surface area contributed by atoms with Gasteiger partial charge in [-0.05, 0) is 36.6 Å². The zero-order chi connectivity index (χ0) is 20.9. The Morgan fingerprint density at radius 1 is 1.21 bits per heavy atom. The van der Waals surface area contributed by atoms with Crippen molar-refractivity contribution < 1.29 is 31.1 Å². The van der Waals surface area contributed by atoms with Gasteiger partial charge in [0.15, 0.2) is 0 Å². The Balaban J connectivity index is 2.13. The minimum Gasteiger partial charge on any atom is -0.326 e. The molecule has 0 radical (unpaired) electrons. The summed E-state index contributed by atoms with van der Waals surface area (Å²) in [5.74, 6) is -0.579. The lowest BCUT2D eigenvalue weighted by Gasteiger charge is -2.46. The second-order valence-electron chi connectivity index (χ2n) is 7.59. The average molecular weight is 408 g/mol. The molecule has 1 fully saturated rings. The summed E-state index contributed by atoms with van der Waals surface area (Å²) in [7, 11) is 1.32. The molecule has 1 aliphatic carbocycles. The smallest absolute Gasteiger partial charge is 0.326 e. The third-order valence-electron chi connectivity index (χ3n) is 5.63. The van der Waals surface area contributed by atoms with E-state index in [4.69, 9.17) is 0 Å². The van der Waals surface area contributed by atoms with E-state index in [0.29, 0.717) is 23.3 Å².